The Balaban J connectivity index is 2.08. The molecule has 6 heteroatoms. The number of hydrogen-bond donors (Lipinski definition) is 1. The highest BCUT2D eigenvalue weighted by Gasteiger charge is 2.20. The third kappa shape index (κ3) is 3.93. The summed E-state index contributed by atoms with van der Waals surface area (Å²) in [6.07, 6.45) is -0.462. The van der Waals surface area contributed by atoms with E-state index in [0.717, 1.165) is 28.9 Å². The van der Waals surface area contributed by atoms with Crippen molar-refractivity contribution in [2.45, 2.75) is 12.3 Å². The summed E-state index contributed by atoms with van der Waals surface area (Å²) in [5.41, 5.74) is 0.856. The van der Waals surface area contributed by atoms with Gasteiger partial charge in [-0.2, -0.15) is 0 Å². The van der Waals surface area contributed by atoms with Crippen molar-refractivity contribution in [2.75, 3.05) is 40.6 Å². The van der Waals surface area contributed by atoms with Crippen LogP contribution < -0.4 is 10.1 Å². The lowest BCUT2D eigenvalue weighted by Gasteiger charge is -2.25. The number of benzene rings is 1. The Hall–Kier alpha value is -0.660. The molecule has 1 heterocycles. The van der Waals surface area contributed by atoms with Crippen molar-refractivity contribution in [1.29, 1.82) is 0 Å². The second kappa shape index (κ2) is 7.95. The van der Waals surface area contributed by atoms with Crippen molar-refractivity contribution in [3.05, 3.63) is 28.2 Å². The summed E-state index contributed by atoms with van der Waals surface area (Å²) in [5, 5.41) is 3.36. The first-order valence-corrected chi connectivity index (χ1v) is 7.33. The lowest BCUT2D eigenvalue weighted by atomic mass is 10.2. The standard InChI is InChI=1S/C14H20BrNO4/c1-17-14(18-2)13-11(15)4-3-5-12(13)20-9-10-8-19-7-6-16-10/h3-5,10,14,16H,6-9H2,1-2H3/t10-/m0/s1. The van der Waals surface area contributed by atoms with E-state index in [4.69, 9.17) is 18.9 Å². The highest BCUT2D eigenvalue weighted by atomic mass is 79.9. The highest BCUT2D eigenvalue weighted by molar-refractivity contribution is 9.10. The Kier molecular flexibility index (Phi) is 6.25. The zero-order chi connectivity index (χ0) is 14.4. The lowest BCUT2D eigenvalue weighted by Crippen LogP contribution is -2.44. The molecule has 112 valence electrons. The van der Waals surface area contributed by atoms with Gasteiger partial charge in [-0.3, -0.25) is 0 Å². The molecule has 1 saturated heterocycles. The molecule has 0 unspecified atom stereocenters. The molecule has 20 heavy (non-hydrogen) atoms. The molecule has 0 radical (unpaired) electrons. The number of morpholine rings is 1. The normalized spacial score (nSPS) is 19.3. The van der Waals surface area contributed by atoms with Crippen LogP contribution in [-0.2, 0) is 14.2 Å². The quantitative estimate of drug-likeness (QED) is 0.800. The van der Waals surface area contributed by atoms with E-state index in [-0.39, 0.29) is 6.04 Å². The summed E-state index contributed by atoms with van der Waals surface area (Å²) in [5.74, 6) is 0.750. The van der Waals surface area contributed by atoms with E-state index in [1.165, 1.54) is 0 Å². The van der Waals surface area contributed by atoms with E-state index < -0.39 is 6.29 Å². The molecular weight excluding hydrogens is 326 g/mol. The second-order valence-corrected chi connectivity index (χ2v) is 5.35. The van der Waals surface area contributed by atoms with Crippen LogP contribution in [0.4, 0.5) is 0 Å². The van der Waals surface area contributed by atoms with Gasteiger partial charge in [0, 0.05) is 25.2 Å². The van der Waals surface area contributed by atoms with Gasteiger partial charge < -0.3 is 24.3 Å². The van der Waals surface area contributed by atoms with E-state index in [1.807, 2.05) is 18.2 Å². The average molecular weight is 346 g/mol. The topological polar surface area (TPSA) is 49.0 Å². The fourth-order valence-corrected chi connectivity index (χ4v) is 2.66. The molecule has 5 nitrogen and oxygen atoms in total. The molecule has 0 aliphatic carbocycles. The molecule has 2 rings (SSSR count). The van der Waals surface area contributed by atoms with E-state index in [1.54, 1.807) is 14.2 Å². The number of hydrogen-bond acceptors (Lipinski definition) is 5. The van der Waals surface area contributed by atoms with E-state index in [2.05, 4.69) is 21.2 Å². The third-order valence-corrected chi connectivity index (χ3v) is 3.81. The monoisotopic (exact) mass is 345 g/mol. The van der Waals surface area contributed by atoms with Gasteiger partial charge in [-0.15, -0.1) is 0 Å². The average Bonchev–Trinajstić information content (AvgIpc) is 2.49. The van der Waals surface area contributed by atoms with E-state index >= 15 is 0 Å². The molecule has 1 aliphatic heterocycles. The number of ether oxygens (including phenoxy) is 4. The minimum atomic E-state index is -0.462. The minimum Gasteiger partial charge on any atom is -0.491 e. The predicted molar refractivity (Wildman–Crippen MR) is 79.0 cm³/mol. The van der Waals surface area contributed by atoms with Crippen LogP contribution >= 0.6 is 15.9 Å². The summed E-state index contributed by atoms with van der Waals surface area (Å²) in [6, 6.07) is 5.99. The van der Waals surface area contributed by atoms with Crippen molar-refractivity contribution in [2.24, 2.45) is 0 Å². The van der Waals surface area contributed by atoms with Gasteiger partial charge in [-0.05, 0) is 12.1 Å². The Labute approximate surface area is 127 Å². The summed E-state index contributed by atoms with van der Waals surface area (Å²) in [6.45, 7) is 2.83. The molecule has 0 aromatic heterocycles. The number of halogens is 1. The molecule has 1 aromatic carbocycles. The maximum Gasteiger partial charge on any atom is 0.187 e. The van der Waals surface area contributed by atoms with Crippen molar-refractivity contribution in [3.63, 3.8) is 0 Å². The van der Waals surface area contributed by atoms with Crippen molar-refractivity contribution < 1.29 is 18.9 Å². The fraction of sp³-hybridized carbons (Fsp3) is 0.571. The Morgan fingerprint density at radius 2 is 2.20 bits per heavy atom. The van der Waals surface area contributed by atoms with E-state index in [9.17, 15) is 0 Å². The molecule has 0 amide bonds. The van der Waals surface area contributed by atoms with Crippen LogP contribution in [0, 0.1) is 0 Å². The molecular formula is C14H20BrNO4. The Morgan fingerprint density at radius 3 is 2.85 bits per heavy atom. The van der Waals surface area contributed by atoms with Crippen LogP contribution in [-0.4, -0.2) is 46.6 Å². The molecule has 1 aliphatic rings. The zero-order valence-corrected chi connectivity index (χ0v) is 13.3. The van der Waals surface area contributed by atoms with Crippen LogP contribution in [0.15, 0.2) is 22.7 Å². The van der Waals surface area contributed by atoms with Gasteiger partial charge in [0.25, 0.3) is 0 Å². The molecule has 1 N–H and O–H groups in total. The highest BCUT2D eigenvalue weighted by Crippen LogP contribution is 2.34. The molecule has 1 fully saturated rings. The first kappa shape index (κ1) is 15.7. The fourth-order valence-electron chi connectivity index (χ4n) is 2.12. The van der Waals surface area contributed by atoms with Gasteiger partial charge in [0.05, 0.1) is 24.8 Å². The maximum atomic E-state index is 5.91. The van der Waals surface area contributed by atoms with Gasteiger partial charge in [-0.1, -0.05) is 22.0 Å². The van der Waals surface area contributed by atoms with Gasteiger partial charge in [0.2, 0.25) is 0 Å². The smallest absolute Gasteiger partial charge is 0.187 e. The largest absolute Gasteiger partial charge is 0.491 e. The van der Waals surface area contributed by atoms with Crippen molar-refractivity contribution in [3.8, 4) is 5.75 Å². The van der Waals surface area contributed by atoms with Gasteiger partial charge in [0.1, 0.15) is 12.4 Å². The van der Waals surface area contributed by atoms with Crippen LogP contribution in [0.25, 0.3) is 0 Å². The van der Waals surface area contributed by atoms with Gasteiger partial charge in [0.15, 0.2) is 6.29 Å². The third-order valence-electron chi connectivity index (χ3n) is 3.12. The number of methoxy groups -OCH3 is 2. The number of rotatable bonds is 6. The lowest BCUT2D eigenvalue weighted by molar-refractivity contribution is -0.107. The summed E-state index contributed by atoms with van der Waals surface area (Å²) in [4.78, 5) is 0. The molecule has 1 aromatic rings. The Bertz CT molecular complexity index is 420. The minimum absolute atomic E-state index is 0.208. The summed E-state index contributed by atoms with van der Waals surface area (Å²) < 4.78 is 22.9. The molecule has 1 atom stereocenters. The summed E-state index contributed by atoms with van der Waals surface area (Å²) >= 11 is 3.52. The molecule has 0 bridgehead atoms. The first-order valence-electron chi connectivity index (χ1n) is 6.54. The Morgan fingerprint density at radius 1 is 1.40 bits per heavy atom. The van der Waals surface area contributed by atoms with Crippen LogP contribution in [0.1, 0.15) is 11.9 Å². The second-order valence-electron chi connectivity index (χ2n) is 4.49. The van der Waals surface area contributed by atoms with Crippen LogP contribution in [0.5, 0.6) is 5.75 Å². The van der Waals surface area contributed by atoms with Crippen molar-refractivity contribution >= 4 is 15.9 Å². The van der Waals surface area contributed by atoms with E-state index in [0.29, 0.717) is 13.2 Å². The predicted octanol–water partition coefficient (Wildman–Crippen LogP) is 2.11. The number of nitrogens with one attached hydrogen (secondary N) is 1. The van der Waals surface area contributed by atoms with Gasteiger partial charge >= 0.3 is 0 Å². The summed E-state index contributed by atoms with van der Waals surface area (Å²) in [7, 11) is 3.21. The first-order chi connectivity index (χ1) is 9.76. The van der Waals surface area contributed by atoms with Crippen molar-refractivity contribution in [1.82, 2.24) is 5.32 Å². The van der Waals surface area contributed by atoms with Crippen LogP contribution in [0.2, 0.25) is 0 Å². The SMILES string of the molecule is COC(OC)c1c(Br)cccc1OC[C@@H]1COCCN1. The maximum absolute atomic E-state index is 5.91. The molecule has 0 saturated carbocycles. The van der Waals surface area contributed by atoms with Gasteiger partial charge in [-0.25, -0.2) is 0 Å². The zero-order valence-electron chi connectivity index (χ0n) is 11.7. The molecule has 0 spiro atoms. The van der Waals surface area contributed by atoms with Crippen LogP contribution in [0.3, 0.4) is 0 Å².